The van der Waals surface area contributed by atoms with Crippen LogP contribution in [-0.2, 0) is 5.33 Å². The van der Waals surface area contributed by atoms with Crippen LogP contribution >= 0.6 is 27.5 Å². The molecule has 0 spiro atoms. The molecule has 0 fully saturated rings. The number of carbonyl (C=O) groups is 1. The molecule has 162 valence electrons. The minimum Gasteiger partial charge on any atom is -0.345 e. The Labute approximate surface area is 200 Å². The lowest BCUT2D eigenvalue weighted by molar-refractivity contribution is 0.0936. The minimum atomic E-state index is -0.220. The van der Waals surface area contributed by atoms with Crippen molar-refractivity contribution in [2.45, 2.75) is 24.7 Å². The molecule has 0 saturated heterocycles. The van der Waals surface area contributed by atoms with Crippen LogP contribution in [0.25, 0.3) is 16.5 Å². The Morgan fingerprint density at radius 1 is 1.00 bits per heavy atom. The number of benzene rings is 3. The lowest BCUT2D eigenvalue weighted by Crippen LogP contribution is -2.32. The normalized spacial score (nSPS) is 12.0. The molecular formula is C26H22BrClN2O2. The van der Waals surface area contributed by atoms with Gasteiger partial charge < -0.3 is 5.32 Å². The van der Waals surface area contributed by atoms with E-state index in [2.05, 4.69) is 21.2 Å². The predicted molar refractivity (Wildman–Crippen MR) is 134 cm³/mol. The average molecular weight is 510 g/mol. The quantitative estimate of drug-likeness (QED) is 0.305. The fourth-order valence-corrected chi connectivity index (χ4v) is 4.72. The highest BCUT2D eigenvalue weighted by Crippen LogP contribution is 2.27. The first-order chi connectivity index (χ1) is 15.5. The first-order valence-electron chi connectivity index (χ1n) is 10.4. The average Bonchev–Trinajstić information content (AvgIpc) is 2.82. The number of aromatic nitrogens is 1. The van der Waals surface area contributed by atoms with E-state index in [1.807, 2.05) is 55.5 Å². The van der Waals surface area contributed by atoms with Crippen LogP contribution in [0.5, 0.6) is 0 Å². The molecule has 1 N–H and O–H groups in total. The number of nitrogens with one attached hydrogen (secondary N) is 1. The third-order valence-electron chi connectivity index (χ3n) is 5.52. The second-order valence-electron chi connectivity index (χ2n) is 7.47. The zero-order valence-electron chi connectivity index (χ0n) is 17.5. The van der Waals surface area contributed by atoms with Crippen LogP contribution in [0, 0.1) is 0 Å². The lowest BCUT2D eigenvalue weighted by Gasteiger charge is -2.22. The zero-order valence-corrected chi connectivity index (χ0v) is 19.9. The molecule has 0 radical (unpaired) electrons. The number of halogens is 2. The van der Waals surface area contributed by atoms with Crippen molar-refractivity contribution in [1.29, 1.82) is 0 Å². The maximum Gasteiger partial charge on any atom is 0.263 e. The summed E-state index contributed by atoms with van der Waals surface area (Å²) in [4.78, 5) is 27.1. The predicted octanol–water partition coefficient (Wildman–Crippen LogP) is 6.42. The van der Waals surface area contributed by atoms with Gasteiger partial charge in [-0.1, -0.05) is 89.1 Å². The SMILES string of the molecule is CC[C@H](NC(=O)c1c(CBr)n(-c2cccc(Cl)c2)c(=O)c2ccccc12)c1ccccc1. The van der Waals surface area contributed by atoms with Gasteiger partial charge in [-0.3, -0.25) is 14.2 Å². The zero-order chi connectivity index (χ0) is 22.7. The first-order valence-corrected chi connectivity index (χ1v) is 11.9. The van der Waals surface area contributed by atoms with E-state index in [1.165, 1.54) is 0 Å². The van der Waals surface area contributed by atoms with E-state index in [0.29, 0.717) is 38.1 Å². The number of nitrogens with zero attached hydrogens (tertiary/aromatic N) is 1. The number of amides is 1. The van der Waals surface area contributed by atoms with Crippen molar-refractivity contribution >= 4 is 44.2 Å². The smallest absolute Gasteiger partial charge is 0.263 e. The number of pyridine rings is 1. The monoisotopic (exact) mass is 508 g/mol. The van der Waals surface area contributed by atoms with Crippen molar-refractivity contribution in [2.75, 3.05) is 0 Å². The van der Waals surface area contributed by atoms with Crippen molar-refractivity contribution < 1.29 is 4.79 Å². The van der Waals surface area contributed by atoms with Gasteiger partial charge in [-0.25, -0.2) is 0 Å². The van der Waals surface area contributed by atoms with E-state index in [4.69, 9.17) is 11.6 Å². The van der Waals surface area contributed by atoms with E-state index >= 15 is 0 Å². The largest absolute Gasteiger partial charge is 0.345 e. The van der Waals surface area contributed by atoms with Crippen molar-refractivity contribution in [3.8, 4) is 5.69 Å². The van der Waals surface area contributed by atoms with Crippen LogP contribution in [-0.4, -0.2) is 10.5 Å². The van der Waals surface area contributed by atoms with Gasteiger partial charge in [0, 0.05) is 21.1 Å². The molecule has 0 unspecified atom stereocenters. The summed E-state index contributed by atoms with van der Waals surface area (Å²) < 4.78 is 1.57. The second kappa shape index (κ2) is 9.72. The number of rotatable bonds is 6. The highest BCUT2D eigenvalue weighted by molar-refractivity contribution is 9.08. The van der Waals surface area contributed by atoms with Crippen molar-refractivity contribution in [3.05, 3.63) is 111 Å². The number of carbonyl (C=O) groups excluding carboxylic acids is 1. The molecule has 4 aromatic rings. The summed E-state index contributed by atoms with van der Waals surface area (Å²) in [5.74, 6) is -0.220. The van der Waals surface area contributed by atoms with Gasteiger partial charge >= 0.3 is 0 Å². The van der Waals surface area contributed by atoms with Gasteiger partial charge in [-0.15, -0.1) is 0 Å². The lowest BCUT2D eigenvalue weighted by atomic mass is 10.0. The molecule has 4 rings (SSSR count). The molecule has 6 heteroatoms. The Hall–Kier alpha value is -2.89. The van der Waals surface area contributed by atoms with Gasteiger partial charge in [0.1, 0.15) is 0 Å². The van der Waals surface area contributed by atoms with E-state index in [-0.39, 0.29) is 17.5 Å². The van der Waals surface area contributed by atoms with Crippen molar-refractivity contribution in [1.82, 2.24) is 9.88 Å². The third-order valence-corrected chi connectivity index (χ3v) is 6.29. The molecule has 1 amide bonds. The molecular weight excluding hydrogens is 488 g/mol. The van der Waals surface area contributed by atoms with Crippen LogP contribution in [0.2, 0.25) is 5.02 Å². The Kier molecular flexibility index (Phi) is 6.77. The maximum absolute atomic E-state index is 13.7. The highest BCUT2D eigenvalue weighted by atomic mass is 79.9. The molecule has 1 atom stereocenters. The second-order valence-corrected chi connectivity index (χ2v) is 8.46. The van der Waals surface area contributed by atoms with E-state index in [0.717, 1.165) is 12.0 Å². The van der Waals surface area contributed by atoms with Gasteiger partial charge in [-0.2, -0.15) is 0 Å². The Bertz CT molecular complexity index is 1330. The molecule has 4 nitrogen and oxygen atoms in total. The molecule has 0 aliphatic heterocycles. The minimum absolute atomic E-state index is 0.141. The standard InChI is InChI=1S/C26H22BrClN2O2/c1-2-22(17-9-4-3-5-10-17)29-25(31)24-20-13-6-7-14-21(20)26(32)30(23(24)16-27)19-12-8-11-18(28)15-19/h3-15,22H,2,16H2,1H3,(H,29,31)/t22-/m0/s1. The topological polar surface area (TPSA) is 51.1 Å². The molecule has 0 aliphatic rings. The summed E-state index contributed by atoms with van der Waals surface area (Å²) in [5.41, 5.74) is 2.52. The summed E-state index contributed by atoms with van der Waals surface area (Å²) in [6, 6.07) is 24.1. The highest BCUT2D eigenvalue weighted by Gasteiger charge is 2.24. The Balaban J connectivity index is 1.93. The van der Waals surface area contributed by atoms with Crippen LogP contribution in [0.15, 0.2) is 83.7 Å². The number of alkyl halides is 1. The summed E-state index contributed by atoms with van der Waals surface area (Å²) in [7, 11) is 0. The fraction of sp³-hybridized carbons (Fsp3) is 0.154. The van der Waals surface area contributed by atoms with Crippen LogP contribution in [0.1, 0.15) is 41.0 Å². The van der Waals surface area contributed by atoms with Gasteiger partial charge in [0.15, 0.2) is 0 Å². The fourth-order valence-electron chi connectivity index (χ4n) is 4.00. The molecule has 0 aliphatic carbocycles. The molecule has 3 aromatic carbocycles. The Morgan fingerprint density at radius 2 is 1.69 bits per heavy atom. The van der Waals surface area contributed by atoms with Crippen molar-refractivity contribution in [3.63, 3.8) is 0 Å². The first kappa shape index (κ1) is 22.3. The summed E-state index contributed by atoms with van der Waals surface area (Å²) in [5, 5.41) is 5.13. The van der Waals surface area contributed by atoms with Gasteiger partial charge in [0.25, 0.3) is 11.5 Å². The van der Waals surface area contributed by atoms with Crippen molar-refractivity contribution in [2.24, 2.45) is 0 Å². The van der Waals surface area contributed by atoms with Crippen LogP contribution < -0.4 is 10.9 Å². The van der Waals surface area contributed by atoms with E-state index < -0.39 is 0 Å². The molecule has 1 aromatic heterocycles. The van der Waals surface area contributed by atoms with Crippen LogP contribution in [0.4, 0.5) is 0 Å². The molecule has 32 heavy (non-hydrogen) atoms. The molecule has 1 heterocycles. The molecule has 0 saturated carbocycles. The Morgan fingerprint density at radius 3 is 2.34 bits per heavy atom. The van der Waals surface area contributed by atoms with Gasteiger partial charge in [0.2, 0.25) is 0 Å². The number of fused-ring (bicyclic) bond motifs is 1. The third kappa shape index (κ3) is 4.23. The number of hydrogen-bond donors (Lipinski definition) is 1. The van der Waals surface area contributed by atoms with Gasteiger partial charge in [-0.05, 0) is 36.2 Å². The summed E-state index contributed by atoms with van der Waals surface area (Å²) in [6.45, 7) is 2.04. The van der Waals surface area contributed by atoms with Crippen LogP contribution in [0.3, 0.4) is 0 Å². The summed E-state index contributed by atoms with van der Waals surface area (Å²) >= 11 is 9.73. The molecule has 0 bridgehead atoms. The van der Waals surface area contributed by atoms with E-state index in [9.17, 15) is 9.59 Å². The van der Waals surface area contributed by atoms with E-state index in [1.54, 1.807) is 34.9 Å². The summed E-state index contributed by atoms with van der Waals surface area (Å²) in [6.07, 6.45) is 0.741. The maximum atomic E-state index is 13.7. The number of hydrogen-bond acceptors (Lipinski definition) is 2. The van der Waals surface area contributed by atoms with Gasteiger partial charge in [0.05, 0.1) is 23.0 Å².